The van der Waals surface area contributed by atoms with E-state index in [9.17, 15) is 0 Å². The van der Waals surface area contributed by atoms with Crippen molar-refractivity contribution in [3.63, 3.8) is 0 Å². The summed E-state index contributed by atoms with van der Waals surface area (Å²) in [6, 6.07) is 18.6. The van der Waals surface area contributed by atoms with Gasteiger partial charge in [-0.1, -0.05) is 61.9 Å². The van der Waals surface area contributed by atoms with E-state index >= 15 is 0 Å². The number of benzene rings is 2. The van der Waals surface area contributed by atoms with Crippen molar-refractivity contribution < 1.29 is 0 Å². The van der Waals surface area contributed by atoms with Crippen LogP contribution in [-0.2, 0) is 6.42 Å². The van der Waals surface area contributed by atoms with Crippen molar-refractivity contribution in [2.75, 3.05) is 0 Å². The molecule has 1 nitrogen and oxygen atoms in total. The number of hydrogen-bond donors (Lipinski definition) is 0. The zero-order valence-corrected chi connectivity index (χ0v) is 10.8. The number of unbranched alkanes of at least 4 members (excludes halogenated alkanes) is 1. The number of aliphatic imine (C=N–C) groups is 1. The molecule has 0 saturated carbocycles. The molecule has 2 aromatic carbocycles. The largest absolute Gasteiger partial charge is 0.256 e. The number of hydrogen-bond acceptors (Lipinski definition) is 1. The van der Waals surface area contributed by atoms with Crippen molar-refractivity contribution >= 4 is 11.9 Å². The maximum absolute atomic E-state index is 4.60. The summed E-state index contributed by atoms with van der Waals surface area (Å²) in [6.07, 6.45) is 5.48. The second-order valence-electron chi connectivity index (χ2n) is 4.40. The summed E-state index contributed by atoms with van der Waals surface area (Å²) >= 11 is 0. The summed E-state index contributed by atoms with van der Waals surface area (Å²) in [5.74, 6) is 0. The first-order valence-electron chi connectivity index (χ1n) is 6.57. The Kier molecular flexibility index (Phi) is 4.71. The van der Waals surface area contributed by atoms with Gasteiger partial charge in [0.05, 0.1) is 5.69 Å². The number of nitrogens with zero attached hydrogens (tertiary/aromatic N) is 1. The minimum atomic E-state index is 1.09. The van der Waals surface area contributed by atoms with Gasteiger partial charge in [-0.3, -0.25) is 4.99 Å². The standard InChI is InChI=1S/C17H19N/c1-2-3-11-16-12-7-8-13-17(16)18-14-15-9-5-4-6-10-15/h4-10,12-14H,2-3,11H2,1H3/b18-14+. The van der Waals surface area contributed by atoms with E-state index in [0.717, 1.165) is 17.7 Å². The molecule has 0 aromatic heterocycles. The molecule has 92 valence electrons. The highest BCUT2D eigenvalue weighted by Gasteiger charge is 1.98. The van der Waals surface area contributed by atoms with E-state index in [1.165, 1.54) is 18.4 Å². The van der Waals surface area contributed by atoms with Crippen LogP contribution in [0.25, 0.3) is 0 Å². The minimum absolute atomic E-state index is 1.09. The SMILES string of the molecule is CCCCc1ccccc1/N=C/c1ccccc1. The van der Waals surface area contributed by atoms with Crippen LogP contribution in [0.1, 0.15) is 30.9 Å². The second-order valence-corrected chi connectivity index (χ2v) is 4.40. The van der Waals surface area contributed by atoms with Gasteiger partial charge >= 0.3 is 0 Å². The summed E-state index contributed by atoms with van der Waals surface area (Å²) in [7, 11) is 0. The third-order valence-corrected chi connectivity index (χ3v) is 2.94. The summed E-state index contributed by atoms with van der Waals surface area (Å²) < 4.78 is 0. The Bertz CT molecular complexity index is 500. The van der Waals surface area contributed by atoms with Gasteiger partial charge in [0.1, 0.15) is 0 Å². The Morgan fingerprint density at radius 1 is 0.944 bits per heavy atom. The Balaban J connectivity index is 2.15. The van der Waals surface area contributed by atoms with Gasteiger partial charge in [0.15, 0.2) is 0 Å². The molecule has 0 atom stereocenters. The van der Waals surface area contributed by atoms with Crippen molar-refractivity contribution in [3.8, 4) is 0 Å². The highest BCUT2D eigenvalue weighted by Crippen LogP contribution is 2.20. The van der Waals surface area contributed by atoms with Crippen LogP contribution in [0.15, 0.2) is 59.6 Å². The first-order valence-corrected chi connectivity index (χ1v) is 6.57. The maximum atomic E-state index is 4.60. The zero-order chi connectivity index (χ0) is 12.6. The molecule has 0 spiro atoms. The van der Waals surface area contributed by atoms with Gasteiger partial charge in [0, 0.05) is 6.21 Å². The van der Waals surface area contributed by atoms with Crippen LogP contribution in [0.5, 0.6) is 0 Å². The van der Waals surface area contributed by atoms with Crippen molar-refractivity contribution in [1.29, 1.82) is 0 Å². The molecule has 0 amide bonds. The van der Waals surface area contributed by atoms with E-state index < -0.39 is 0 Å². The molecule has 0 N–H and O–H groups in total. The van der Waals surface area contributed by atoms with Crippen LogP contribution < -0.4 is 0 Å². The van der Waals surface area contributed by atoms with Crippen molar-refractivity contribution in [3.05, 3.63) is 65.7 Å². The molecule has 0 aliphatic carbocycles. The average molecular weight is 237 g/mol. The van der Waals surface area contributed by atoms with Gasteiger partial charge < -0.3 is 0 Å². The summed E-state index contributed by atoms with van der Waals surface area (Å²) in [6.45, 7) is 2.22. The van der Waals surface area contributed by atoms with Gasteiger partial charge in [0.2, 0.25) is 0 Å². The Labute approximate surface area is 109 Å². The third kappa shape index (κ3) is 3.56. The van der Waals surface area contributed by atoms with E-state index in [4.69, 9.17) is 0 Å². The van der Waals surface area contributed by atoms with Gasteiger partial charge in [-0.05, 0) is 30.0 Å². The highest BCUT2D eigenvalue weighted by atomic mass is 14.7. The third-order valence-electron chi connectivity index (χ3n) is 2.94. The number of rotatable bonds is 5. The topological polar surface area (TPSA) is 12.4 Å². The molecule has 0 saturated heterocycles. The Morgan fingerprint density at radius 2 is 1.67 bits per heavy atom. The molecule has 0 unspecified atom stereocenters. The second kappa shape index (κ2) is 6.75. The van der Waals surface area contributed by atoms with Crippen LogP contribution in [0, 0.1) is 0 Å². The molecule has 2 rings (SSSR count). The molecule has 2 aromatic rings. The number of para-hydroxylation sites is 1. The molecule has 0 fully saturated rings. The predicted molar refractivity (Wildman–Crippen MR) is 78.8 cm³/mol. The van der Waals surface area contributed by atoms with E-state index in [1.807, 2.05) is 30.5 Å². The quantitative estimate of drug-likeness (QED) is 0.664. The van der Waals surface area contributed by atoms with Crippen LogP contribution in [0.2, 0.25) is 0 Å². The fourth-order valence-electron chi connectivity index (χ4n) is 1.90. The van der Waals surface area contributed by atoms with Crippen LogP contribution >= 0.6 is 0 Å². The monoisotopic (exact) mass is 237 g/mol. The van der Waals surface area contributed by atoms with Gasteiger partial charge in [0.25, 0.3) is 0 Å². The van der Waals surface area contributed by atoms with Gasteiger partial charge in [-0.2, -0.15) is 0 Å². The normalized spacial score (nSPS) is 10.9. The van der Waals surface area contributed by atoms with Crippen molar-refractivity contribution in [2.24, 2.45) is 4.99 Å². The highest BCUT2D eigenvalue weighted by molar-refractivity contribution is 5.82. The molecule has 0 heterocycles. The molecule has 0 aliphatic rings. The first-order chi connectivity index (χ1) is 8.90. The van der Waals surface area contributed by atoms with Crippen molar-refractivity contribution in [1.82, 2.24) is 0 Å². The summed E-state index contributed by atoms with van der Waals surface area (Å²) in [5.41, 5.74) is 3.57. The molecule has 0 bridgehead atoms. The fraction of sp³-hybridized carbons (Fsp3) is 0.235. The zero-order valence-electron chi connectivity index (χ0n) is 10.8. The minimum Gasteiger partial charge on any atom is -0.256 e. The Hall–Kier alpha value is -1.89. The molecule has 18 heavy (non-hydrogen) atoms. The molecule has 0 aliphatic heterocycles. The van der Waals surface area contributed by atoms with Gasteiger partial charge in [-0.15, -0.1) is 0 Å². The van der Waals surface area contributed by atoms with Gasteiger partial charge in [-0.25, -0.2) is 0 Å². The lowest BCUT2D eigenvalue weighted by molar-refractivity contribution is 0.795. The number of aryl methyl sites for hydroxylation is 1. The van der Waals surface area contributed by atoms with Crippen LogP contribution in [-0.4, -0.2) is 6.21 Å². The van der Waals surface area contributed by atoms with E-state index in [-0.39, 0.29) is 0 Å². The molecule has 1 heteroatoms. The average Bonchev–Trinajstić information content (AvgIpc) is 2.45. The van der Waals surface area contributed by atoms with Crippen LogP contribution in [0.3, 0.4) is 0 Å². The predicted octanol–water partition coefficient (Wildman–Crippen LogP) is 4.78. The van der Waals surface area contributed by atoms with Crippen molar-refractivity contribution in [2.45, 2.75) is 26.2 Å². The van der Waals surface area contributed by atoms with E-state index in [1.54, 1.807) is 0 Å². The van der Waals surface area contributed by atoms with E-state index in [0.29, 0.717) is 0 Å². The molecule has 0 radical (unpaired) electrons. The maximum Gasteiger partial charge on any atom is 0.0661 e. The fourth-order valence-corrected chi connectivity index (χ4v) is 1.90. The smallest absolute Gasteiger partial charge is 0.0661 e. The molecular weight excluding hydrogens is 218 g/mol. The molecular formula is C17H19N. The summed E-state index contributed by atoms with van der Waals surface area (Å²) in [5, 5.41) is 0. The first kappa shape index (κ1) is 12.6. The lowest BCUT2D eigenvalue weighted by atomic mass is 10.1. The summed E-state index contributed by atoms with van der Waals surface area (Å²) in [4.78, 5) is 4.60. The van der Waals surface area contributed by atoms with Crippen LogP contribution in [0.4, 0.5) is 5.69 Å². The lowest BCUT2D eigenvalue weighted by Crippen LogP contribution is -1.86. The lowest BCUT2D eigenvalue weighted by Gasteiger charge is -2.04. The van der Waals surface area contributed by atoms with E-state index in [2.05, 4.69) is 42.2 Å². The Morgan fingerprint density at radius 3 is 2.44 bits per heavy atom.